The minimum absolute atomic E-state index is 0.0817. The van der Waals surface area contributed by atoms with Gasteiger partial charge in [0.1, 0.15) is 0 Å². The second-order valence-corrected chi connectivity index (χ2v) is 7.69. The Morgan fingerprint density at radius 3 is 2.96 bits per heavy atom. The van der Waals surface area contributed by atoms with Crippen LogP contribution in [0.25, 0.3) is 0 Å². The summed E-state index contributed by atoms with van der Waals surface area (Å²) in [5.74, 6) is 0.0817. The van der Waals surface area contributed by atoms with Crippen LogP contribution in [0.3, 0.4) is 0 Å². The number of hydrogen-bond acceptors (Lipinski definition) is 5. The van der Waals surface area contributed by atoms with Crippen molar-refractivity contribution in [3.63, 3.8) is 0 Å². The van der Waals surface area contributed by atoms with Gasteiger partial charge in [-0.3, -0.25) is 9.78 Å². The molecule has 3 heterocycles. The van der Waals surface area contributed by atoms with Gasteiger partial charge in [-0.2, -0.15) is 0 Å². The monoisotopic (exact) mass is 358 g/mol. The quantitative estimate of drug-likeness (QED) is 0.490. The lowest BCUT2D eigenvalue weighted by Gasteiger charge is -2.29. The van der Waals surface area contributed by atoms with E-state index >= 15 is 0 Å². The van der Waals surface area contributed by atoms with E-state index < -0.39 is 0 Å². The summed E-state index contributed by atoms with van der Waals surface area (Å²) < 4.78 is 5.99. The highest BCUT2D eigenvalue weighted by molar-refractivity contribution is 5.76. The predicted octanol–water partition coefficient (Wildman–Crippen LogP) is 2.10. The predicted molar refractivity (Wildman–Crippen MR) is 103 cm³/mol. The number of anilines is 1. The number of carbonyl (C=O) groups excluding carboxylic acids is 1. The normalized spacial score (nSPS) is 30.2. The highest BCUT2D eigenvalue weighted by Gasteiger charge is 2.51. The first-order chi connectivity index (χ1) is 12.5. The fourth-order valence-corrected chi connectivity index (χ4v) is 3.89. The van der Waals surface area contributed by atoms with Crippen LogP contribution in [0.5, 0.6) is 0 Å². The molecule has 0 spiro atoms. The molecule has 2 aliphatic heterocycles. The van der Waals surface area contributed by atoms with Gasteiger partial charge >= 0.3 is 0 Å². The summed E-state index contributed by atoms with van der Waals surface area (Å²) >= 11 is 0. The van der Waals surface area contributed by atoms with Crippen LogP contribution in [0.4, 0.5) is 5.69 Å². The van der Waals surface area contributed by atoms with Gasteiger partial charge in [0, 0.05) is 55.1 Å². The van der Waals surface area contributed by atoms with Crippen molar-refractivity contribution in [3.05, 3.63) is 36.7 Å². The lowest BCUT2D eigenvalue weighted by Crippen LogP contribution is -2.43. The molecule has 142 valence electrons. The first-order valence-electron chi connectivity index (χ1n) is 9.46. The molecule has 3 rings (SSSR count). The van der Waals surface area contributed by atoms with E-state index in [9.17, 15) is 4.79 Å². The number of nitrogens with zero attached hydrogens (tertiary/aromatic N) is 1. The fourth-order valence-electron chi connectivity index (χ4n) is 3.89. The van der Waals surface area contributed by atoms with Gasteiger partial charge in [0.2, 0.25) is 5.91 Å². The van der Waals surface area contributed by atoms with Gasteiger partial charge in [0.25, 0.3) is 0 Å². The third kappa shape index (κ3) is 4.24. The number of aromatic nitrogens is 1. The first kappa shape index (κ1) is 18.9. The Bertz CT molecular complexity index is 636. The van der Waals surface area contributed by atoms with Crippen molar-refractivity contribution in [2.24, 2.45) is 5.41 Å². The zero-order chi connectivity index (χ0) is 18.6. The molecule has 1 amide bonds. The molecule has 3 N–H and O–H groups in total. The van der Waals surface area contributed by atoms with E-state index in [4.69, 9.17) is 4.74 Å². The zero-order valence-corrected chi connectivity index (χ0v) is 15.8. The molecule has 0 aliphatic carbocycles. The summed E-state index contributed by atoms with van der Waals surface area (Å²) in [7, 11) is 0. The number of pyridine rings is 1. The van der Waals surface area contributed by atoms with Gasteiger partial charge in [-0.25, -0.2) is 0 Å². The van der Waals surface area contributed by atoms with E-state index in [-0.39, 0.29) is 17.4 Å². The van der Waals surface area contributed by atoms with Crippen LogP contribution in [0.15, 0.2) is 36.7 Å². The molecule has 6 heteroatoms. The second kappa shape index (κ2) is 8.18. The summed E-state index contributed by atoms with van der Waals surface area (Å²) in [6, 6.07) is 4.44. The Hall–Kier alpha value is -1.92. The van der Waals surface area contributed by atoms with E-state index in [2.05, 4.69) is 41.4 Å². The Kier molecular flexibility index (Phi) is 5.94. The van der Waals surface area contributed by atoms with Crippen molar-refractivity contribution in [1.82, 2.24) is 15.6 Å². The second-order valence-electron chi connectivity index (χ2n) is 7.69. The van der Waals surface area contributed by atoms with Gasteiger partial charge in [-0.15, -0.1) is 0 Å². The Morgan fingerprint density at radius 2 is 2.19 bits per heavy atom. The summed E-state index contributed by atoms with van der Waals surface area (Å²) in [4.78, 5) is 15.9. The number of ether oxygens (including phenoxy) is 1. The molecule has 0 saturated carbocycles. The molecular weight excluding hydrogens is 328 g/mol. The van der Waals surface area contributed by atoms with Gasteiger partial charge in [-0.05, 0) is 37.5 Å². The molecule has 1 aromatic rings. The Balaban J connectivity index is 1.32. The smallest absolute Gasteiger partial charge is 0.221 e. The summed E-state index contributed by atoms with van der Waals surface area (Å²) in [6.07, 6.45) is 6.05. The maximum Gasteiger partial charge on any atom is 0.221 e. The SMILES string of the molecule is C=C1C(C)NC2C1OCC2(C)CCCNC(=O)CCNc1ccncc1. The molecule has 26 heavy (non-hydrogen) atoms. The van der Waals surface area contributed by atoms with Crippen molar-refractivity contribution < 1.29 is 9.53 Å². The highest BCUT2D eigenvalue weighted by Crippen LogP contribution is 2.43. The van der Waals surface area contributed by atoms with Crippen LogP contribution in [-0.4, -0.2) is 48.8 Å². The van der Waals surface area contributed by atoms with Crippen LogP contribution in [-0.2, 0) is 9.53 Å². The van der Waals surface area contributed by atoms with Crippen LogP contribution in [0.2, 0.25) is 0 Å². The van der Waals surface area contributed by atoms with Crippen molar-refractivity contribution >= 4 is 11.6 Å². The lowest BCUT2D eigenvalue weighted by molar-refractivity contribution is -0.120. The van der Waals surface area contributed by atoms with Crippen LogP contribution < -0.4 is 16.0 Å². The van der Waals surface area contributed by atoms with Crippen molar-refractivity contribution in [2.45, 2.75) is 51.3 Å². The number of fused-ring (bicyclic) bond motifs is 1. The molecule has 6 nitrogen and oxygen atoms in total. The molecule has 2 aliphatic rings. The standard InChI is InChI=1S/C20H30N4O2/c1-14-15(2)24-19-18(14)26-13-20(19,3)8-4-9-23-17(25)7-12-22-16-5-10-21-11-6-16/h5-6,10-11,15,18-19,24H,1,4,7-9,12-13H2,2-3H3,(H,21,22)(H,23,25). The van der Waals surface area contributed by atoms with Gasteiger partial charge in [0.15, 0.2) is 0 Å². The van der Waals surface area contributed by atoms with Crippen LogP contribution in [0.1, 0.15) is 33.1 Å². The maximum atomic E-state index is 12.0. The van der Waals surface area contributed by atoms with Gasteiger partial charge < -0.3 is 20.7 Å². The maximum absolute atomic E-state index is 12.0. The topological polar surface area (TPSA) is 75.3 Å². The van der Waals surface area contributed by atoms with E-state index in [0.717, 1.165) is 30.7 Å². The van der Waals surface area contributed by atoms with Crippen molar-refractivity contribution in [1.29, 1.82) is 0 Å². The van der Waals surface area contributed by atoms with E-state index in [1.165, 1.54) is 0 Å². The molecule has 2 saturated heterocycles. The van der Waals surface area contributed by atoms with Crippen molar-refractivity contribution in [3.8, 4) is 0 Å². The number of nitrogens with one attached hydrogen (secondary N) is 3. The summed E-state index contributed by atoms with van der Waals surface area (Å²) in [6.45, 7) is 10.7. The third-order valence-corrected chi connectivity index (χ3v) is 5.61. The van der Waals surface area contributed by atoms with E-state index in [1.807, 2.05) is 12.1 Å². The molecule has 0 aromatic carbocycles. The van der Waals surface area contributed by atoms with Crippen LogP contribution >= 0.6 is 0 Å². The minimum Gasteiger partial charge on any atom is -0.384 e. The van der Waals surface area contributed by atoms with Gasteiger partial charge in [0.05, 0.1) is 12.7 Å². The molecule has 1 aromatic heterocycles. The number of hydrogen-bond donors (Lipinski definition) is 3. The lowest BCUT2D eigenvalue weighted by atomic mass is 9.79. The number of carbonyl (C=O) groups is 1. The van der Waals surface area contributed by atoms with Crippen LogP contribution in [0, 0.1) is 5.41 Å². The van der Waals surface area contributed by atoms with Gasteiger partial charge in [-0.1, -0.05) is 13.5 Å². The average molecular weight is 358 g/mol. The van der Waals surface area contributed by atoms with E-state index in [0.29, 0.717) is 31.6 Å². The minimum atomic E-state index is 0.0817. The zero-order valence-electron chi connectivity index (χ0n) is 15.8. The summed E-state index contributed by atoms with van der Waals surface area (Å²) in [5, 5.41) is 9.86. The average Bonchev–Trinajstić information content (AvgIpc) is 3.11. The largest absolute Gasteiger partial charge is 0.384 e. The molecule has 0 radical (unpaired) electrons. The molecule has 4 unspecified atom stereocenters. The molecule has 4 atom stereocenters. The highest BCUT2D eigenvalue weighted by atomic mass is 16.5. The molecular formula is C20H30N4O2. The third-order valence-electron chi connectivity index (χ3n) is 5.61. The number of rotatable bonds is 8. The fraction of sp³-hybridized carbons (Fsp3) is 0.600. The van der Waals surface area contributed by atoms with E-state index in [1.54, 1.807) is 12.4 Å². The Morgan fingerprint density at radius 1 is 1.42 bits per heavy atom. The van der Waals surface area contributed by atoms with Crippen molar-refractivity contribution in [2.75, 3.05) is 25.0 Å². The number of amides is 1. The molecule has 2 fully saturated rings. The Labute approximate surface area is 155 Å². The summed E-state index contributed by atoms with van der Waals surface area (Å²) in [5.41, 5.74) is 2.25. The molecule has 0 bridgehead atoms. The first-order valence-corrected chi connectivity index (χ1v) is 9.46.